The van der Waals surface area contributed by atoms with E-state index in [4.69, 9.17) is 4.74 Å². The van der Waals surface area contributed by atoms with E-state index in [1.165, 1.54) is 0 Å². The van der Waals surface area contributed by atoms with Crippen LogP contribution in [0.25, 0.3) is 0 Å². The third-order valence-corrected chi connectivity index (χ3v) is 4.92. The number of amides is 1. The molecule has 21 heavy (non-hydrogen) atoms. The largest absolute Gasteiger partial charge is 0.378 e. The van der Waals surface area contributed by atoms with Crippen molar-refractivity contribution < 1.29 is 17.9 Å². The van der Waals surface area contributed by atoms with Gasteiger partial charge in [-0.25, -0.2) is 13.1 Å². The Kier molecular flexibility index (Phi) is 6.01. The maximum absolute atomic E-state index is 12.4. The fourth-order valence-electron chi connectivity index (χ4n) is 3.09. The normalized spacial score (nSPS) is 27.0. The molecule has 2 aliphatic rings. The van der Waals surface area contributed by atoms with Crippen LogP contribution in [0.5, 0.6) is 0 Å². The van der Waals surface area contributed by atoms with E-state index in [0.717, 1.165) is 57.9 Å². The highest BCUT2D eigenvalue weighted by Crippen LogP contribution is 2.21. The summed E-state index contributed by atoms with van der Waals surface area (Å²) in [5.74, 6) is 0.130. The van der Waals surface area contributed by atoms with E-state index in [0.29, 0.717) is 13.0 Å². The zero-order valence-corrected chi connectivity index (χ0v) is 13.5. The Morgan fingerprint density at radius 3 is 2.76 bits per heavy atom. The van der Waals surface area contributed by atoms with Crippen LogP contribution in [0.1, 0.15) is 44.9 Å². The van der Waals surface area contributed by atoms with Crippen molar-refractivity contribution in [2.24, 2.45) is 0 Å². The van der Waals surface area contributed by atoms with Gasteiger partial charge in [-0.2, -0.15) is 0 Å². The third kappa shape index (κ3) is 5.56. The van der Waals surface area contributed by atoms with Crippen LogP contribution in [0.3, 0.4) is 0 Å². The molecule has 7 heteroatoms. The molecule has 6 nitrogen and oxygen atoms in total. The number of sulfonamides is 1. The number of carbonyl (C=O) groups is 1. The lowest BCUT2D eigenvalue weighted by Gasteiger charge is -2.36. The summed E-state index contributed by atoms with van der Waals surface area (Å²) in [6.07, 6.45) is 7.71. The summed E-state index contributed by atoms with van der Waals surface area (Å²) in [6.45, 7) is 1.87. The zero-order chi connectivity index (χ0) is 15.3. The number of hydrogen-bond acceptors (Lipinski definition) is 4. The molecule has 0 aromatic heterocycles. The fraction of sp³-hybridized carbons (Fsp3) is 0.929. The number of likely N-dealkylation sites (tertiary alicyclic amines) is 1. The Hall–Kier alpha value is -0.660. The quantitative estimate of drug-likeness (QED) is 0.789. The number of carbonyl (C=O) groups excluding carboxylic acids is 1. The van der Waals surface area contributed by atoms with Crippen LogP contribution in [0, 0.1) is 0 Å². The van der Waals surface area contributed by atoms with Crippen molar-refractivity contribution in [3.63, 3.8) is 0 Å². The van der Waals surface area contributed by atoms with Gasteiger partial charge in [0.25, 0.3) is 0 Å². The fourth-order valence-corrected chi connectivity index (χ4v) is 3.58. The van der Waals surface area contributed by atoms with E-state index in [2.05, 4.69) is 4.72 Å². The van der Waals surface area contributed by atoms with Crippen molar-refractivity contribution in [2.75, 3.05) is 26.0 Å². The summed E-state index contributed by atoms with van der Waals surface area (Å²) < 4.78 is 30.5. The molecule has 2 heterocycles. The second-order valence-corrected chi connectivity index (χ2v) is 7.86. The minimum atomic E-state index is -3.21. The van der Waals surface area contributed by atoms with Crippen molar-refractivity contribution in [3.05, 3.63) is 0 Å². The highest BCUT2D eigenvalue weighted by molar-refractivity contribution is 7.88. The molecule has 1 N–H and O–H groups in total. The van der Waals surface area contributed by atoms with Gasteiger partial charge in [-0.15, -0.1) is 0 Å². The van der Waals surface area contributed by atoms with Crippen LogP contribution in [0.4, 0.5) is 0 Å². The topological polar surface area (TPSA) is 75.7 Å². The molecule has 2 atom stereocenters. The molecule has 0 unspecified atom stereocenters. The van der Waals surface area contributed by atoms with Gasteiger partial charge in [-0.1, -0.05) is 0 Å². The standard InChI is InChI=1S/C14H26N2O4S/c1-21(18,19)15-11-12-5-2-3-9-16(12)14(17)8-7-13-6-4-10-20-13/h12-13,15H,2-11H2,1H3/t12-,13-/m1/s1. The molecule has 1 amide bonds. The van der Waals surface area contributed by atoms with E-state index in [1.54, 1.807) is 0 Å². The first-order chi connectivity index (χ1) is 9.96. The van der Waals surface area contributed by atoms with Gasteiger partial charge >= 0.3 is 0 Å². The number of ether oxygens (including phenoxy) is 1. The Labute approximate surface area is 127 Å². The highest BCUT2D eigenvalue weighted by atomic mass is 32.2. The number of piperidine rings is 1. The molecule has 0 saturated carbocycles. The van der Waals surface area contributed by atoms with Crippen molar-refractivity contribution >= 4 is 15.9 Å². The van der Waals surface area contributed by atoms with E-state index in [1.807, 2.05) is 4.90 Å². The predicted molar refractivity (Wildman–Crippen MR) is 80.4 cm³/mol. The second-order valence-electron chi connectivity index (χ2n) is 6.03. The monoisotopic (exact) mass is 318 g/mol. The van der Waals surface area contributed by atoms with Gasteiger partial charge in [0.15, 0.2) is 0 Å². The van der Waals surface area contributed by atoms with E-state index < -0.39 is 10.0 Å². The molecule has 0 aliphatic carbocycles. The summed E-state index contributed by atoms with van der Waals surface area (Å²) in [7, 11) is -3.21. The van der Waals surface area contributed by atoms with Gasteiger partial charge in [-0.05, 0) is 38.5 Å². The Morgan fingerprint density at radius 1 is 1.29 bits per heavy atom. The summed E-state index contributed by atoms with van der Waals surface area (Å²) >= 11 is 0. The molecule has 0 bridgehead atoms. The van der Waals surface area contributed by atoms with Crippen molar-refractivity contribution in [2.45, 2.75) is 57.1 Å². The van der Waals surface area contributed by atoms with Gasteiger partial charge in [0.1, 0.15) is 0 Å². The van der Waals surface area contributed by atoms with Crippen molar-refractivity contribution in [1.29, 1.82) is 0 Å². The van der Waals surface area contributed by atoms with Crippen LogP contribution in [-0.4, -0.2) is 57.3 Å². The Morgan fingerprint density at radius 2 is 2.10 bits per heavy atom. The first-order valence-corrected chi connectivity index (χ1v) is 9.70. The molecule has 0 aromatic rings. The summed E-state index contributed by atoms with van der Waals surface area (Å²) in [5, 5.41) is 0. The van der Waals surface area contributed by atoms with Crippen LogP contribution in [-0.2, 0) is 19.6 Å². The average Bonchev–Trinajstić information content (AvgIpc) is 2.95. The molecule has 2 saturated heterocycles. The second kappa shape index (κ2) is 7.56. The van der Waals surface area contributed by atoms with Crippen molar-refractivity contribution in [3.8, 4) is 0 Å². The third-order valence-electron chi connectivity index (χ3n) is 4.23. The van der Waals surface area contributed by atoms with Crippen LogP contribution in [0.2, 0.25) is 0 Å². The lowest BCUT2D eigenvalue weighted by molar-refractivity contribution is -0.135. The van der Waals surface area contributed by atoms with Crippen LogP contribution >= 0.6 is 0 Å². The number of hydrogen-bond donors (Lipinski definition) is 1. The average molecular weight is 318 g/mol. The first-order valence-electron chi connectivity index (χ1n) is 7.81. The molecular formula is C14H26N2O4S. The van der Waals surface area contributed by atoms with Crippen molar-refractivity contribution in [1.82, 2.24) is 9.62 Å². The van der Waals surface area contributed by atoms with Gasteiger partial charge in [0.2, 0.25) is 15.9 Å². The van der Waals surface area contributed by atoms with Gasteiger partial charge in [0.05, 0.1) is 12.4 Å². The molecule has 122 valence electrons. The van der Waals surface area contributed by atoms with Gasteiger partial charge in [0, 0.05) is 32.2 Å². The summed E-state index contributed by atoms with van der Waals surface area (Å²) in [5.41, 5.74) is 0. The maximum Gasteiger partial charge on any atom is 0.222 e. The highest BCUT2D eigenvalue weighted by Gasteiger charge is 2.28. The molecular weight excluding hydrogens is 292 g/mol. The Bertz CT molecular complexity index is 446. The first kappa shape index (κ1) is 16.7. The van der Waals surface area contributed by atoms with Crippen LogP contribution in [0.15, 0.2) is 0 Å². The summed E-state index contributed by atoms with van der Waals surface area (Å²) in [6, 6.07) is -0.00882. The maximum atomic E-state index is 12.4. The SMILES string of the molecule is CS(=O)(=O)NC[C@H]1CCCCN1C(=O)CC[C@H]1CCCO1. The molecule has 0 spiro atoms. The van der Waals surface area contributed by atoms with E-state index in [9.17, 15) is 13.2 Å². The smallest absolute Gasteiger partial charge is 0.222 e. The number of rotatable bonds is 6. The molecule has 2 aliphatic heterocycles. The lowest BCUT2D eigenvalue weighted by Crippen LogP contribution is -2.49. The minimum absolute atomic E-state index is 0.00882. The molecule has 2 fully saturated rings. The predicted octanol–water partition coefficient (Wildman–Crippen LogP) is 0.876. The summed E-state index contributed by atoms with van der Waals surface area (Å²) in [4.78, 5) is 14.2. The number of nitrogens with one attached hydrogen (secondary N) is 1. The van der Waals surface area contributed by atoms with Crippen LogP contribution < -0.4 is 4.72 Å². The molecule has 2 rings (SSSR count). The van der Waals surface area contributed by atoms with E-state index in [-0.39, 0.29) is 18.1 Å². The zero-order valence-electron chi connectivity index (χ0n) is 12.7. The van der Waals surface area contributed by atoms with E-state index >= 15 is 0 Å². The van der Waals surface area contributed by atoms with Gasteiger partial charge < -0.3 is 9.64 Å². The minimum Gasteiger partial charge on any atom is -0.378 e. The lowest BCUT2D eigenvalue weighted by atomic mass is 10.0. The molecule has 0 aromatic carbocycles. The molecule has 0 radical (unpaired) electrons. The number of nitrogens with zero attached hydrogens (tertiary/aromatic N) is 1. The Balaban J connectivity index is 1.83. The van der Waals surface area contributed by atoms with Gasteiger partial charge in [-0.3, -0.25) is 4.79 Å².